The highest BCUT2D eigenvalue weighted by Crippen LogP contribution is 2.26. The van der Waals surface area contributed by atoms with Crippen LogP contribution in [0.25, 0.3) is 11.3 Å². The lowest BCUT2D eigenvalue weighted by molar-refractivity contribution is 0.583. The summed E-state index contributed by atoms with van der Waals surface area (Å²) in [6.07, 6.45) is 1.71. The molecular formula is C17H15BrN2O2S2. The molecule has 3 rings (SSSR count). The van der Waals surface area contributed by atoms with Crippen molar-refractivity contribution >= 4 is 37.3 Å². The Morgan fingerprint density at radius 3 is 2.54 bits per heavy atom. The number of thiophene rings is 1. The smallest absolute Gasteiger partial charge is 0.250 e. The van der Waals surface area contributed by atoms with Crippen LogP contribution in [0, 0.1) is 6.92 Å². The molecular weight excluding hydrogens is 408 g/mol. The Morgan fingerprint density at radius 2 is 1.88 bits per heavy atom. The molecule has 0 aliphatic rings. The third-order valence-corrected chi connectivity index (χ3v) is 7.00. The number of sulfonamides is 1. The van der Waals surface area contributed by atoms with Gasteiger partial charge < -0.3 is 0 Å². The monoisotopic (exact) mass is 422 g/mol. The van der Waals surface area contributed by atoms with E-state index in [0.29, 0.717) is 0 Å². The van der Waals surface area contributed by atoms with Crippen molar-refractivity contribution in [1.29, 1.82) is 0 Å². The van der Waals surface area contributed by atoms with E-state index in [0.717, 1.165) is 20.6 Å². The average molecular weight is 423 g/mol. The Hall–Kier alpha value is -1.54. The van der Waals surface area contributed by atoms with Crippen molar-refractivity contribution in [2.45, 2.75) is 17.7 Å². The van der Waals surface area contributed by atoms with Crippen molar-refractivity contribution in [3.05, 3.63) is 69.6 Å². The van der Waals surface area contributed by atoms with Gasteiger partial charge in [0.15, 0.2) is 0 Å². The van der Waals surface area contributed by atoms with Gasteiger partial charge in [0.2, 0.25) is 10.0 Å². The third-order valence-electron chi connectivity index (χ3n) is 3.48. The lowest BCUT2D eigenvalue weighted by Crippen LogP contribution is -2.22. The summed E-state index contributed by atoms with van der Waals surface area (Å²) in [5.74, 6) is 0. The molecule has 1 aromatic carbocycles. The molecule has 1 N–H and O–H groups in total. The van der Waals surface area contributed by atoms with Gasteiger partial charge in [0, 0.05) is 18.3 Å². The fraction of sp³-hybridized carbons (Fsp3) is 0.118. The van der Waals surface area contributed by atoms with Crippen LogP contribution in [0.5, 0.6) is 0 Å². The number of hydrogen-bond donors (Lipinski definition) is 1. The summed E-state index contributed by atoms with van der Waals surface area (Å²) in [5.41, 5.74) is 3.75. The van der Waals surface area contributed by atoms with Crippen LogP contribution in [0.2, 0.25) is 0 Å². The van der Waals surface area contributed by atoms with Gasteiger partial charge in [-0.1, -0.05) is 35.9 Å². The minimum Gasteiger partial charge on any atom is -0.256 e. The molecule has 2 heterocycles. The first-order valence-corrected chi connectivity index (χ1v) is 10.3. The molecule has 2 aromatic heterocycles. The summed E-state index contributed by atoms with van der Waals surface area (Å²) >= 11 is 4.47. The number of nitrogens with one attached hydrogen (secondary N) is 1. The SMILES string of the molecule is Cc1ccc(-c2ncccc2CNS(=O)(=O)c2ccc(Br)s2)cc1. The highest BCUT2D eigenvalue weighted by molar-refractivity contribution is 9.11. The van der Waals surface area contributed by atoms with Crippen LogP contribution >= 0.6 is 27.3 Å². The number of benzene rings is 1. The Balaban J connectivity index is 1.85. The second-order valence-electron chi connectivity index (χ2n) is 5.26. The molecule has 0 aliphatic carbocycles. The van der Waals surface area contributed by atoms with Crippen LogP contribution < -0.4 is 4.72 Å². The van der Waals surface area contributed by atoms with Crippen molar-refractivity contribution in [1.82, 2.24) is 9.71 Å². The second kappa shape index (κ2) is 7.14. The van der Waals surface area contributed by atoms with Gasteiger partial charge in [0.1, 0.15) is 4.21 Å². The van der Waals surface area contributed by atoms with Crippen LogP contribution in [0.15, 0.2) is 62.7 Å². The zero-order valence-electron chi connectivity index (χ0n) is 12.9. The van der Waals surface area contributed by atoms with E-state index >= 15 is 0 Å². The number of aromatic nitrogens is 1. The van der Waals surface area contributed by atoms with Crippen LogP contribution in [-0.4, -0.2) is 13.4 Å². The molecule has 0 radical (unpaired) electrons. The second-order valence-corrected chi connectivity index (χ2v) is 9.72. The summed E-state index contributed by atoms with van der Waals surface area (Å²) in [4.78, 5) is 4.42. The number of hydrogen-bond acceptors (Lipinski definition) is 4. The largest absolute Gasteiger partial charge is 0.256 e. The maximum atomic E-state index is 12.4. The Labute approximate surface area is 153 Å². The standard InChI is InChI=1S/C17H15BrN2O2S2/c1-12-4-6-13(7-5-12)17-14(3-2-10-19-17)11-20-24(21,22)16-9-8-15(18)23-16/h2-10,20H,11H2,1H3. The van der Waals surface area contributed by atoms with Gasteiger partial charge in [-0.3, -0.25) is 4.98 Å². The highest BCUT2D eigenvalue weighted by Gasteiger charge is 2.17. The van der Waals surface area contributed by atoms with Gasteiger partial charge in [0.25, 0.3) is 0 Å². The van der Waals surface area contributed by atoms with Crippen LogP contribution in [0.1, 0.15) is 11.1 Å². The summed E-state index contributed by atoms with van der Waals surface area (Å²) in [6, 6.07) is 15.0. The van der Waals surface area contributed by atoms with Crippen LogP contribution in [0.3, 0.4) is 0 Å². The number of nitrogens with zero attached hydrogens (tertiary/aromatic N) is 1. The van der Waals surface area contributed by atoms with Crippen LogP contribution in [-0.2, 0) is 16.6 Å². The maximum absolute atomic E-state index is 12.4. The molecule has 0 saturated heterocycles. The minimum absolute atomic E-state index is 0.189. The Morgan fingerprint density at radius 1 is 1.12 bits per heavy atom. The zero-order chi connectivity index (χ0) is 17.2. The number of halogens is 1. The molecule has 0 bridgehead atoms. The molecule has 0 amide bonds. The molecule has 3 aromatic rings. The normalized spacial score (nSPS) is 11.6. The van der Waals surface area contributed by atoms with Crippen molar-refractivity contribution < 1.29 is 8.42 Å². The molecule has 0 saturated carbocycles. The predicted octanol–water partition coefficient (Wildman–Crippen LogP) is 4.36. The average Bonchev–Trinajstić information content (AvgIpc) is 3.02. The fourth-order valence-corrected chi connectivity index (χ4v) is 5.30. The van der Waals surface area contributed by atoms with E-state index in [1.165, 1.54) is 16.9 Å². The Bertz CT molecular complexity index is 951. The predicted molar refractivity (Wildman–Crippen MR) is 100 cm³/mol. The van der Waals surface area contributed by atoms with Gasteiger partial charge >= 0.3 is 0 Å². The van der Waals surface area contributed by atoms with Crippen molar-refractivity contribution in [2.75, 3.05) is 0 Å². The van der Waals surface area contributed by atoms with Crippen molar-refractivity contribution in [3.63, 3.8) is 0 Å². The molecule has 24 heavy (non-hydrogen) atoms. The van der Waals surface area contributed by atoms with Gasteiger partial charge in [-0.15, -0.1) is 11.3 Å². The van der Waals surface area contributed by atoms with Gasteiger partial charge in [0.05, 0.1) is 9.48 Å². The van der Waals surface area contributed by atoms with Crippen molar-refractivity contribution in [2.24, 2.45) is 0 Å². The quantitative estimate of drug-likeness (QED) is 0.664. The van der Waals surface area contributed by atoms with E-state index in [1.54, 1.807) is 18.3 Å². The molecule has 0 fully saturated rings. The van der Waals surface area contributed by atoms with Gasteiger partial charge in [-0.25, -0.2) is 13.1 Å². The molecule has 0 unspecified atom stereocenters. The van der Waals surface area contributed by atoms with E-state index in [-0.39, 0.29) is 10.8 Å². The van der Waals surface area contributed by atoms with E-state index in [2.05, 4.69) is 25.6 Å². The molecule has 0 spiro atoms. The van der Waals surface area contributed by atoms with Gasteiger partial charge in [-0.05, 0) is 46.6 Å². The first-order chi connectivity index (χ1) is 11.5. The molecule has 124 valence electrons. The van der Waals surface area contributed by atoms with Crippen molar-refractivity contribution in [3.8, 4) is 11.3 Å². The summed E-state index contributed by atoms with van der Waals surface area (Å²) in [7, 11) is -3.53. The topological polar surface area (TPSA) is 59.1 Å². The lowest BCUT2D eigenvalue weighted by atomic mass is 10.0. The van der Waals surface area contributed by atoms with E-state index < -0.39 is 10.0 Å². The first-order valence-electron chi connectivity index (χ1n) is 7.22. The minimum atomic E-state index is -3.53. The fourth-order valence-electron chi connectivity index (χ4n) is 2.24. The molecule has 4 nitrogen and oxygen atoms in total. The lowest BCUT2D eigenvalue weighted by Gasteiger charge is -2.10. The number of rotatable bonds is 5. The molecule has 0 aliphatic heterocycles. The van der Waals surface area contributed by atoms with E-state index in [4.69, 9.17) is 0 Å². The summed E-state index contributed by atoms with van der Waals surface area (Å²) in [6.45, 7) is 2.21. The third kappa shape index (κ3) is 3.92. The van der Waals surface area contributed by atoms with E-state index in [1.807, 2.05) is 43.3 Å². The van der Waals surface area contributed by atoms with E-state index in [9.17, 15) is 8.42 Å². The summed E-state index contributed by atoms with van der Waals surface area (Å²) in [5, 5.41) is 0. The maximum Gasteiger partial charge on any atom is 0.250 e. The van der Waals surface area contributed by atoms with Gasteiger partial charge in [-0.2, -0.15) is 0 Å². The number of pyridine rings is 1. The molecule has 7 heteroatoms. The summed E-state index contributed by atoms with van der Waals surface area (Å²) < 4.78 is 28.5. The molecule has 0 atom stereocenters. The Kier molecular flexibility index (Phi) is 5.15. The first kappa shape index (κ1) is 17.3. The zero-order valence-corrected chi connectivity index (χ0v) is 16.1. The number of aryl methyl sites for hydroxylation is 1. The highest BCUT2D eigenvalue weighted by atomic mass is 79.9. The van der Waals surface area contributed by atoms with Crippen LogP contribution in [0.4, 0.5) is 0 Å².